The Hall–Kier alpha value is -1.57. The average molecular weight is 147 g/mol. The van der Waals surface area contributed by atoms with Gasteiger partial charge in [-0.15, -0.1) is 0 Å². The molecule has 0 saturated carbocycles. The molecule has 0 unspecified atom stereocenters. The Balaban J connectivity index is 2.81. The van der Waals surface area contributed by atoms with E-state index in [9.17, 15) is 9.90 Å². The van der Waals surface area contributed by atoms with Gasteiger partial charge in [-0.3, -0.25) is 9.90 Å². The van der Waals surface area contributed by atoms with E-state index >= 15 is 0 Å². The van der Waals surface area contributed by atoms with Crippen LogP contribution >= 0.6 is 0 Å². The zero-order valence-electron chi connectivity index (χ0n) is 5.86. The normalized spacial score (nSPS) is 10.2. The molecule has 2 nitrogen and oxygen atoms in total. The maximum absolute atomic E-state index is 10.6. The largest absolute Gasteiger partial charge is 0.299 e. The maximum atomic E-state index is 10.6. The fourth-order valence-electron chi connectivity index (χ4n) is 0.729. The standard InChI is InChI=1S/C9H7O2/c10-7-1-2-8-3-5-9(11)6-4-8/h1-7H/b2-1+. The van der Waals surface area contributed by atoms with E-state index in [0.717, 1.165) is 5.56 Å². The Morgan fingerprint density at radius 3 is 2.27 bits per heavy atom. The van der Waals surface area contributed by atoms with Crippen LogP contribution in [0.4, 0.5) is 0 Å². The number of rotatable bonds is 2. The van der Waals surface area contributed by atoms with E-state index in [1.165, 1.54) is 18.2 Å². The van der Waals surface area contributed by atoms with Crippen LogP contribution < -0.4 is 0 Å². The molecule has 2 heteroatoms. The van der Waals surface area contributed by atoms with Crippen LogP contribution in [-0.4, -0.2) is 6.29 Å². The van der Waals surface area contributed by atoms with E-state index < -0.39 is 0 Å². The highest BCUT2D eigenvalue weighted by molar-refractivity contribution is 5.73. The Kier molecular flexibility index (Phi) is 2.44. The highest BCUT2D eigenvalue weighted by atomic mass is 16.3. The van der Waals surface area contributed by atoms with Crippen LogP contribution in [0, 0.1) is 0 Å². The van der Waals surface area contributed by atoms with Crippen molar-refractivity contribution < 1.29 is 9.90 Å². The maximum Gasteiger partial charge on any atom is 0.178 e. The molecule has 0 N–H and O–H groups in total. The number of hydrogen-bond acceptors (Lipinski definition) is 1. The molecule has 0 spiro atoms. The lowest BCUT2D eigenvalue weighted by Gasteiger charge is -1.89. The number of carbonyl (C=O) groups is 1. The molecule has 0 fully saturated rings. The molecule has 0 saturated heterocycles. The molecule has 1 aromatic carbocycles. The smallest absolute Gasteiger partial charge is 0.178 e. The number of carbonyl (C=O) groups excluding carboxylic acids is 1. The van der Waals surface area contributed by atoms with Gasteiger partial charge in [-0.25, -0.2) is 0 Å². The Labute approximate surface area is 64.8 Å². The summed E-state index contributed by atoms with van der Waals surface area (Å²) in [6.45, 7) is 0. The van der Waals surface area contributed by atoms with E-state index in [4.69, 9.17) is 0 Å². The predicted octanol–water partition coefficient (Wildman–Crippen LogP) is 2.04. The van der Waals surface area contributed by atoms with Gasteiger partial charge in [0.1, 0.15) is 6.29 Å². The average Bonchev–Trinajstić information content (AvgIpc) is 2.04. The van der Waals surface area contributed by atoms with Crippen LogP contribution in [0.1, 0.15) is 5.56 Å². The monoisotopic (exact) mass is 147 g/mol. The van der Waals surface area contributed by atoms with Crippen LogP contribution in [0.5, 0.6) is 5.75 Å². The molecule has 0 aliphatic rings. The number of benzene rings is 1. The zero-order chi connectivity index (χ0) is 8.10. The van der Waals surface area contributed by atoms with Gasteiger partial charge in [-0.2, -0.15) is 0 Å². The molecule has 0 atom stereocenters. The van der Waals surface area contributed by atoms with Crippen molar-refractivity contribution in [3.63, 3.8) is 0 Å². The van der Waals surface area contributed by atoms with Gasteiger partial charge in [0.05, 0.1) is 0 Å². The summed E-state index contributed by atoms with van der Waals surface area (Å²) in [7, 11) is 0. The van der Waals surface area contributed by atoms with E-state index in [1.54, 1.807) is 18.2 Å². The fraction of sp³-hybridized carbons (Fsp3) is 0. The third-order valence-corrected chi connectivity index (χ3v) is 1.25. The summed E-state index contributed by atoms with van der Waals surface area (Å²) >= 11 is 0. The van der Waals surface area contributed by atoms with Gasteiger partial charge in [0, 0.05) is 0 Å². The van der Waals surface area contributed by atoms with Gasteiger partial charge in [0.2, 0.25) is 0 Å². The minimum absolute atomic E-state index is 0.0201. The zero-order valence-corrected chi connectivity index (χ0v) is 5.86. The van der Waals surface area contributed by atoms with Crippen molar-refractivity contribution in [1.29, 1.82) is 0 Å². The van der Waals surface area contributed by atoms with Gasteiger partial charge in [-0.1, -0.05) is 18.2 Å². The minimum Gasteiger partial charge on any atom is -0.299 e. The molecule has 0 bridgehead atoms. The lowest BCUT2D eigenvalue weighted by Crippen LogP contribution is -1.69. The second-order valence-corrected chi connectivity index (χ2v) is 2.06. The van der Waals surface area contributed by atoms with Gasteiger partial charge >= 0.3 is 0 Å². The summed E-state index contributed by atoms with van der Waals surface area (Å²) in [6, 6.07) is 6.26. The Bertz CT molecular complexity index is 259. The third kappa shape index (κ3) is 2.26. The van der Waals surface area contributed by atoms with Gasteiger partial charge in [-0.05, 0) is 23.8 Å². The van der Waals surface area contributed by atoms with Crippen molar-refractivity contribution in [2.24, 2.45) is 0 Å². The number of allylic oxidation sites excluding steroid dienone is 1. The van der Waals surface area contributed by atoms with Crippen LogP contribution in [-0.2, 0) is 9.90 Å². The van der Waals surface area contributed by atoms with Gasteiger partial charge < -0.3 is 0 Å². The summed E-state index contributed by atoms with van der Waals surface area (Å²) in [4.78, 5) is 9.90. The molecule has 1 radical (unpaired) electrons. The summed E-state index contributed by atoms with van der Waals surface area (Å²) in [5.41, 5.74) is 0.858. The topological polar surface area (TPSA) is 37.0 Å². The van der Waals surface area contributed by atoms with Gasteiger partial charge in [0.25, 0.3) is 0 Å². The van der Waals surface area contributed by atoms with Crippen molar-refractivity contribution in [2.45, 2.75) is 0 Å². The van der Waals surface area contributed by atoms with E-state index in [0.29, 0.717) is 6.29 Å². The van der Waals surface area contributed by atoms with E-state index in [-0.39, 0.29) is 5.75 Å². The molecular formula is C9H7O2. The molecule has 11 heavy (non-hydrogen) atoms. The highest BCUT2D eigenvalue weighted by Crippen LogP contribution is 2.10. The number of hydrogen-bond donors (Lipinski definition) is 0. The summed E-state index contributed by atoms with van der Waals surface area (Å²) in [5, 5.41) is 10.6. The lowest BCUT2D eigenvalue weighted by atomic mass is 10.2. The molecule has 0 aliphatic heterocycles. The molecule has 1 rings (SSSR count). The second-order valence-electron chi connectivity index (χ2n) is 2.06. The molecule has 1 aromatic rings. The van der Waals surface area contributed by atoms with Crippen molar-refractivity contribution >= 4 is 12.4 Å². The van der Waals surface area contributed by atoms with Crippen molar-refractivity contribution in [3.05, 3.63) is 35.9 Å². The molecule has 0 amide bonds. The van der Waals surface area contributed by atoms with Crippen LogP contribution in [0.25, 0.3) is 6.08 Å². The Morgan fingerprint density at radius 1 is 1.09 bits per heavy atom. The molecule has 55 valence electrons. The highest BCUT2D eigenvalue weighted by Gasteiger charge is 1.87. The second kappa shape index (κ2) is 3.56. The van der Waals surface area contributed by atoms with Crippen molar-refractivity contribution in [2.75, 3.05) is 0 Å². The summed E-state index contributed by atoms with van der Waals surface area (Å²) < 4.78 is 0. The van der Waals surface area contributed by atoms with E-state index in [1.807, 2.05) is 0 Å². The fourth-order valence-corrected chi connectivity index (χ4v) is 0.729. The first-order valence-corrected chi connectivity index (χ1v) is 3.22. The first kappa shape index (κ1) is 7.54. The molecular weight excluding hydrogens is 140 g/mol. The molecule has 0 aromatic heterocycles. The van der Waals surface area contributed by atoms with Crippen molar-refractivity contribution in [3.8, 4) is 5.75 Å². The predicted molar refractivity (Wildman–Crippen MR) is 41.7 cm³/mol. The SMILES string of the molecule is [O]c1ccc(/C=C/C=O)cc1. The van der Waals surface area contributed by atoms with Crippen LogP contribution in [0.15, 0.2) is 30.3 Å². The lowest BCUT2D eigenvalue weighted by molar-refractivity contribution is -0.104. The van der Waals surface area contributed by atoms with Crippen LogP contribution in [0.3, 0.4) is 0 Å². The third-order valence-electron chi connectivity index (χ3n) is 1.25. The van der Waals surface area contributed by atoms with Gasteiger partial charge in [0.15, 0.2) is 5.75 Å². The van der Waals surface area contributed by atoms with Crippen molar-refractivity contribution in [1.82, 2.24) is 0 Å². The molecule has 0 heterocycles. The summed E-state index contributed by atoms with van der Waals surface area (Å²) in [6.07, 6.45) is 3.73. The van der Waals surface area contributed by atoms with E-state index in [2.05, 4.69) is 0 Å². The quantitative estimate of drug-likeness (QED) is 0.465. The summed E-state index contributed by atoms with van der Waals surface area (Å²) in [5.74, 6) is -0.0201. The first-order chi connectivity index (χ1) is 5.33. The minimum atomic E-state index is -0.0201. The molecule has 0 aliphatic carbocycles. The number of aldehydes is 1. The van der Waals surface area contributed by atoms with Crippen LogP contribution in [0.2, 0.25) is 0 Å². The first-order valence-electron chi connectivity index (χ1n) is 3.22. The Morgan fingerprint density at radius 2 is 1.73 bits per heavy atom.